The molecule has 0 saturated carbocycles. The Balaban J connectivity index is 1.62. The standard InChI is InChI=1S/C22H19ClN6OS/c1-15-8-9-17(12-18(15)23)29-19(14-31-22-24-10-5-11-25-22)20(27-28-29)21(30)26-13-16-6-3-2-4-7-16/h2-12H,13-14H2,1H3,(H,26,30). The number of hydrogen-bond acceptors (Lipinski definition) is 6. The summed E-state index contributed by atoms with van der Waals surface area (Å²) < 4.78 is 1.64. The Morgan fingerprint density at radius 1 is 1.10 bits per heavy atom. The molecule has 9 heteroatoms. The lowest BCUT2D eigenvalue weighted by atomic mass is 10.2. The quantitative estimate of drug-likeness (QED) is 0.335. The van der Waals surface area contributed by atoms with E-state index in [2.05, 4.69) is 25.6 Å². The van der Waals surface area contributed by atoms with Gasteiger partial charge >= 0.3 is 0 Å². The number of carbonyl (C=O) groups is 1. The molecule has 7 nitrogen and oxygen atoms in total. The van der Waals surface area contributed by atoms with E-state index in [1.165, 1.54) is 11.8 Å². The van der Waals surface area contributed by atoms with E-state index in [0.717, 1.165) is 16.8 Å². The fraction of sp³-hybridized carbons (Fsp3) is 0.136. The molecule has 31 heavy (non-hydrogen) atoms. The summed E-state index contributed by atoms with van der Waals surface area (Å²) in [7, 11) is 0. The van der Waals surface area contributed by atoms with Crippen molar-refractivity contribution >= 4 is 29.3 Å². The average molecular weight is 451 g/mol. The van der Waals surface area contributed by atoms with Crippen LogP contribution < -0.4 is 5.32 Å². The molecule has 0 bridgehead atoms. The minimum atomic E-state index is -0.294. The molecule has 1 N–H and O–H groups in total. The van der Waals surface area contributed by atoms with Crippen LogP contribution in [-0.2, 0) is 12.3 Å². The van der Waals surface area contributed by atoms with Crippen LogP contribution in [0.1, 0.15) is 27.3 Å². The van der Waals surface area contributed by atoms with Crippen molar-refractivity contribution in [3.8, 4) is 5.69 Å². The van der Waals surface area contributed by atoms with Gasteiger partial charge in [0.1, 0.15) is 0 Å². The Morgan fingerprint density at radius 2 is 1.87 bits per heavy atom. The smallest absolute Gasteiger partial charge is 0.274 e. The lowest BCUT2D eigenvalue weighted by Gasteiger charge is -2.09. The first-order chi connectivity index (χ1) is 15.1. The molecule has 2 aromatic heterocycles. The van der Waals surface area contributed by atoms with Gasteiger partial charge in [-0.25, -0.2) is 14.6 Å². The van der Waals surface area contributed by atoms with Crippen molar-refractivity contribution in [3.63, 3.8) is 0 Å². The third-order valence-electron chi connectivity index (χ3n) is 4.55. The molecule has 0 fully saturated rings. The Bertz CT molecular complexity index is 1180. The summed E-state index contributed by atoms with van der Waals surface area (Å²) in [6.07, 6.45) is 3.36. The highest BCUT2D eigenvalue weighted by Gasteiger charge is 2.21. The minimum absolute atomic E-state index is 0.260. The molecular weight excluding hydrogens is 432 g/mol. The Kier molecular flexibility index (Phi) is 6.59. The molecule has 4 aromatic rings. The van der Waals surface area contributed by atoms with Crippen LogP contribution in [0.25, 0.3) is 5.69 Å². The number of halogens is 1. The number of nitrogens with one attached hydrogen (secondary N) is 1. The maximum absolute atomic E-state index is 12.9. The fourth-order valence-corrected chi connectivity index (χ4v) is 3.85. The molecule has 0 aliphatic heterocycles. The van der Waals surface area contributed by atoms with Crippen LogP contribution in [-0.4, -0.2) is 30.9 Å². The lowest BCUT2D eigenvalue weighted by molar-refractivity contribution is 0.0945. The van der Waals surface area contributed by atoms with Crippen molar-refractivity contribution in [3.05, 3.63) is 94.5 Å². The number of benzene rings is 2. The van der Waals surface area contributed by atoms with Gasteiger partial charge in [-0.3, -0.25) is 4.79 Å². The maximum Gasteiger partial charge on any atom is 0.274 e. The summed E-state index contributed by atoms with van der Waals surface area (Å²) in [5.74, 6) is 0.120. The van der Waals surface area contributed by atoms with Crippen molar-refractivity contribution in [1.82, 2.24) is 30.3 Å². The van der Waals surface area contributed by atoms with Crippen molar-refractivity contribution in [2.45, 2.75) is 24.4 Å². The van der Waals surface area contributed by atoms with Gasteiger partial charge in [0.15, 0.2) is 10.9 Å². The predicted octanol–water partition coefficient (Wildman–Crippen LogP) is 4.24. The second kappa shape index (κ2) is 9.72. The van der Waals surface area contributed by atoms with E-state index in [4.69, 9.17) is 11.6 Å². The van der Waals surface area contributed by atoms with Crippen LogP contribution in [0.2, 0.25) is 5.02 Å². The number of carbonyl (C=O) groups excluding carboxylic acids is 1. The molecule has 0 radical (unpaired) electrons. The molecule has 2 heterocycles. The van der Waals surface area contributed by atoms with E-state index >= 15 is 0 Å². The van der Waals surface area contributed by atoms with Gasteiger partial charge in [0.25, 0.3) is 5.91 Å². The largest absolute Gasteiger partial charge is 0.347 e. The Labute approximate surface area is 188 Å². The van der Waals surface area contributed by atoms with Crippen LogP contribution in [0.15, 0.2) is 72.1 Å². The van der Waals surface area contributed by atoms with E-state index < -0.39 is 0 Å². The number of aryl methyl sites for hydroxylation is 1. The van der Waals surface area contributed by atoms with E-state index in [0.29, 0.717) is 28.2 Å². The first-order valence-corrected chi connectivity index (χ1v) is 10.9. The Hall–Kier alpha value is -3.23. The van der Waals surface area contributed by atoms with E-state index in [1.807, 2.05) is 55.5 Å². The molecular formula is C22H19ClN6OS. The van der Waals surface area contributed by atoms with Gasteiger partial charge in [-0.15, -0.1) is 5.10 Å². The van der Waals surface area contributed by atoms with Crippen LogP contribution in [0, 0.1) is 6.92 Å². The SMILES string of the molecule is Cc1ccc(-n2nnc(C(=O)NCc3ccccc3)c2CSc2ncccn2)cc1Cl. The van der Waals surface area contributed by atoms with E-state index in [-0.39, 0.29) is 11.6 Å². The second-order valence-corrected chi connectivity index (χ2v) is 8.07. The minimum Gasteiger partial charge on any atom is -0.347 e. The van der Waals surface area contributed by atoms with Crippen molar-refractivity contribution < 1.29 is 4.79 Å². The third kappa shape index (κ3) is 5.10. The first-order valence-electron chi connectivity index (χ1n) is 9.55. The molecule has 0 unspecified atom stereocenters. The van der Waals surface area contributed by atoms with Gasteiger partial charge in [-0.2, -0.15) is 0 Å². The lowest BCUT2D eigenvalue weighted by Crippen LogP contribution is -2.24. The number of thioether (sulfide) groups is 1. The number of nitrogens with zero attached hydrogens (tertiary/aromatic N) is 5. The molecule has 156 valence electrons. The summed E-state index contributed by atoms with van der Waals surface area (Å²) >= 11 is 7.71. The normalized spacial score (nSPS) is 10.8. The first kappa shape index (κ1) is 21.0. The zero-order chi connectivity index (χ0) is 21.6. The topological polar surface area (TPSA) is 85.6 Å². The molecule has 1 amide bonds. The average Bonchev–Trinajstić information content (AvgIpc) is 3.23. The number of aromatic nitrogens is 5. The summed E-state index contributed by atoms with van der Waals surface area (Å²) in [5, 5.41) is 12.6. The summed E-state index contributed by atoms with van der Waals surface area (Å²) in [5.41, 5.74) is 3.59. The molecule has 4 rings (SSSR count). The van der Waals surface area contributed by atoms with Crippen LogP contribution in [0.4, 0.5) is 0 Å². The van der Waals surface area contributed by atoms with Crippen LogP contribution in [0.3, 0.4) is 0 Å². The molecule has 0 atom stereocenters. The van der Waals surface area contributed by atoms with Crippen molar-refractivity contribution in [2.24, 2.45) is 0 Å². The van der Waals surface area contributed by atoms with Gasteiger partial charge in [0.05, 0.1) is 11.4 Å². The highest BCUT2D eigenvalue weighted by Crippen LogP contribution is 2.25. The summed E-state index contributed by atoms with van der Waals surface area (Å²) in [4.78, 5) is 21.4. The maximum atomic E-state index is 12.9. The van der Waals surface area contributed by atoms with Gasteiger partial charge < -0.3 is 5.32 Å². The monoisotopic (exact) mass is 450 g/mol. The number of hydrogen-bond donors (Lipinski definition) is 1. The second-order valence-electron chi connectivity index (χ2n) is 6.72. The van der Waals surface area contributed by atoms with Gasteiger partial charge in [-0.05, 0) is 36.2 Å². The van der Waals surface area contributed by atoms with Gasteiger partial charge in [-0.1, -0.05) is 65.0 Å². The number of rotatable bonds is 7. The summed E-state index contributed by atoms with van der Waals surface area (Å²) in [6, 6.07) is 17.1. The third-order valence-corrected chi connectivity index (χ3v) is 5.85. The van der Waals surface area contributed by atoms with Gasteiger partial charge in [0.2, 0.25) is 0 Å². The molecule has 0 saturated heterocycles. The zero-order valence-corrected chi connectivity index (χ0v) is 18.3. The van der Waals surface area contributed by atoms with Crippen molar-refractivity contribution in [2.75, 3.05) is 0 Å². The van der Waals surface area contributed by atoms with Crippen molar-refractivity contribution in [1.29, 1.82) is 0 Å². The van der Waals surface area contributed by atoms with Crippen LogP contribution in [0.5, 0.6) is 0 Å². The van der Waals surface area contributed by atoms with E-state index in [1.54, 1.807) is 23.1 Å². The molecule has 0 aliphatic carbocycles. The van der Waals surface area contributed by atoms with E-state index in [9.17, 15) is 4.79 Å². The summed E-state index contributed by atoms with van der Waals surface area (Å²) in [6.45, 7) is 2.33. The fourth-order valence-electron chi connectivity index (χ4n) is 2.88. The Morgan fingerprint density at radius 3 is 2.61 bits per heavy atom. The zero-order valence-electron chi connectivity index (χ0n) is 16.7. The molecule has 2 aromatic carbocycles. The highest BCUT2D eigenvalue weighted by molar-refractivity contribution is 7.98. The molecule has 0 spiro atoms. The highest BCUT2D eigenvalue weighted by atomic mass is 35.5. The predicted molar refractivity (Wildman–Crippen MR) is 120 cm³/mol. The number of amides is 1. The van der Waals surface area contributed by atoms with Crippen LogP contribution >= 0.6 is 23.4 Å². The van der Waals surface area contributed by atoms with Gasteiger partial charge in [0, 0.05) is 29.7 Å². The molecule has 0 aliphatic rings.